The standard InChI is InChI=1S/C8HF17O3S/c9-1(10,3(13,14)5(17,18)7(21,22)23)2(11,12)4(15,16)6(19,20)8(24,25)29(26,27)28/h(H,26,27,28)/i2+1,4+1,6+1,8+1. The van der Waals surface area contributed by atoms with Gasteiger partial charge in [-0.05, 0) is 0 Å². The molecule has 0 saturated carbocycles. The number of alkyl halides is 17. The van der Waals surface area contributed by atoms with Gasteiger partial charge in [-0.25, -0.2) is 0 Å². The van der Waals surface area contributed by atoms with Gasteiger partial charge in [0, 0.05) is 0 Å². The molecule has 0 aliphatic heterocycles. The van der Waals surface area contributed by atoms with Crippen LogP contribution in [0.15, 0.2) is 0 Å². The fourth-order valence-corrected chi connectivity index (χ4v) is 1.76. The Morgan fingerprint density at radius 2 is 0.621 bits per heavy atom. The Morgan fingerprint density at radius 1 is 0.414 bits per heavy atom. The third-order valence-corrected chi connectivity index (χ3v) is 3.92. The Labute approximate surface area is 146 Å². The van der Waals surface area contributed by atoms with Gasteiger partial charge >= 0.3 is 57.1 Å². The quantitative estimate of drug-likeness (QED) is 0.307. The van der Waals surface area contributed by atoms with E-state index in [2.05, 4.69) is 0 Å². The molecule has 0 bridgehead atoms. The lowest BCUT2D eigenvalue weighted by Crippen LogP contribution is -2.74. The maximum atomic E-state index is 13.0. The first-order valence-corrected chi connectivity index (χ1v) is 7.12. The van der Waals surface area contributed by atoms with Crippen LogP contribution >= 0.6 is 0 Å². The van der Waals surface area contributed by atoms with E-state index in [-0.39, 0.29) is 0 Å². The van der Waals surface area contributed by atoms with Crippen molar-refractivity contribution in [1.82, 2.24) is 0 Å². The summed E-state index contributed by atoms with van der Waals surface area (Å²) in [5.74, 6) is -52.0. The highest BCUT2D eigenvalue weighted by Crippen LogP contribution is 2.64. The fourth-order valence-electron chi connectivity index (χ4n) is 1.31. The molecule has 0 spiro atoms. The third-order valence-electron chi connectivity index (χ3n) is 3.02. The van der Waals surface area contributed by atoms with Gasteiger partial charge in [-0.3, -0.25) is 4.55 Å². The van der Waals surface area contributed by atoms with Crippen LogP contribution in [0.3, 0.4) is 0 Å². The maximum Gasteiger partial charge on any atom is 0.460 e. The summed E-state index contributed by atoms with van der Waals surface area (Å²) in [7, 11) is -7.89. The van der Waals surface area contributed by atoms with E-state index >= 15 is 0 Å². The second-order valence-electron chi connectivity index (χ2n) is 4.94. The Bertz CT molecular complexity index is 732. The number of hydrogen-bond acceptors (Lipinski definition) is 2. The van der Waals surface area contributed by atoms with Crippen molar-refractivity contribution in [2.45, 2.75) is 47.0 Å². The van der Waals surface area contributed by atoms with Gasteiger partial charge in [0.15, 0.2) is 0 Å². The van der Waals surface area contributed by atoms with E-state index in [4.69, 9.17) is 4.55 Å². The minimum atomic E-state index is -8.89. The molecule has 0 unspecified atom stereocenters. The first kappa shape index (κ1) is 27.7. The molecule has 0 aliphatic rings. The first-order valence-electron chi connectivity index (χ1n) is 5.68. The Kier molecular flexibility index (Phi) is 6.08. The third kappa shape index (κ3) is 3.26. The lowest BCUT2D eigenvalue weighted by molar-refractivity contribution is -0.458. The fraction of sp³-hybridized carbons (Fsp3) is 1.00. The maximum absolute atomic E-state index is 13.0. The lowest BCUT2D eigenvalue weighted by Gasteiger charge is -2.42. The molecule has 0 aromatic carbocycles. The molecular weight excluding hydrogens is 503 g/mol. The average Bonchev–Trinajstić information content (AvgIpc) is 2.43. The van der Waals surface area contributed by atoms with Crippen LogP contribution in [0.1, 0.15) is 0 Å². The highest BCUT2D eigenvalue weighted by atomic mass is 32.2. The monoisotopic (exact) mass is 504 g/mol. The largest absolute Gasteiger partial charge is 0.460 e. The summed E-state index contributed by atoms with van der Waals surface area (Å²) >= 11 is 0. The highest BCUT2D eigenvalue weighted by molar-refractivity contribution is 7.87. The zero-order chi connectivity index (χ0) is 24.5. The van der Waals surface area contributed by atoms with Crippen molar-refractivity contribution < 1.29 is 87.6 Å². The van der Waals surface area contributed by atoms with Gasteiger partial charge in [0.2, 0.25) is 0 Å². The molecule has 0 aromatic heterocycles. The van der Waals surface area contributed by atoms with Crippen molar-refractivity contribution in [2.75, 3.05) is 0 Å². The second kappa shape index (κ2) is 6.36. The molecule has 0 saturated heterocycles. The topological polar surface area (TPSA) is 54.4 Å². The van der Waals surface area contributed by atoms with Gasteiger partial charge < -0.3 is 0 Å². The Hall–Kier alpha value is -1.28. The summed E-state index contributed by atoms with van der Waals surface area (Å²) in [6.07, 6.45) is -7.88. The summed E-state index contributed by atoms with van der Waals surface area (Å²) in [5.41, 5.74) is 0. The zero-order valence-corrected chi connectivity index (χ0v) is 12.9. The molecular formula is C8HF17O3S. The Balaban J connectivity index is 6.90. The molecule has 0 fully saturated rings. The smallest absolute Gasteiger partial charge is 0.281 e. The van der Waals surface area contributed by atoms with Gasteiger partial charge in [0.25, 0.3) is 0 Å². The van der Waals surface area contributed by atoms with Crippen LogP contribution < -0.4 is 0 Å². The molecule has 1 N–H and O–H groups in total. The zero-order valence-electron chi connectivity index (χ0n) is 12.1. The van der Waals surface area contributed by atoms with E-state index in [1.165, 1.54) is 0 Å². The second-order valence-corrected chi connectivity index (χ2v) is 6.40. The van der Waals surface area contributed by atoms with Crippen molar-refractivity contribution in [2.24, 2.45) is 0 Å². The molecule has 0 rings (SSSR count). The molecule has 0 radical (unpaired) electrons. The van der Waals surface area contributed by atoms with Crippen LogP contribution in [0.2, 0.25) is 0 Å². The molecule has 29 heavy (non-hydrogen) atoms. The van der Waals surface area contributed by atoms with Crippen LogP contribution in [-0.2, 0) is 10.1 Å². The van der Waals surface area contributed by atoms with Crippen LogP contribution in [0.5, 0.6) is 0 Å². The van der Waals surface area contributed by atoms with Gasteiger partial charge in [-0.2, -0.15) is 83.1 Å². The molecule has 21 heteroatoms. The minimum Gasteiger partial charge on any atom is -0.281 e. The number of hydrogen-bond donors (Lipinski definition) is 1. The van der Waals surface area contributed by atoms with Crippen molar-refractivity contribution in [1.29, 1.82) is 0 Å². The molecule has 3 nitrogen and oxygen atoms in total. The van der Waals surface area contributed by atoms with Crippen molar-refractivity contribution in [3.63, 3.8) is 0 Å². The van der Waals surface area contributed by atoms with E-state index in [1.807, 2.05) is 0 Å². The summed E-state index contributed by atoms with van der Waals surface area (Å²) in [4.78, 5) is 0. The van der Waals surface area contributed by atoms with E-state index in [0.717, 1.165) is 0 Å². The van der Waals surface area contributed by atoms with Crippen molar-refractivity contribution in [3.8, 4) is 0 Å². The average molecular weight is 504 g/mol. The molecule has 0 heterocycles. The molecule has 0 amide bonds. The van der Waals surface area contributed by atoms with Crippen LogP contribution in [0.25, 0.3) is 0 Å². The van der Waals surface area contributed by atoms with E-state index < -0.39 is 57.1 Å². The first-order chi connectivity index (χ1) is 12.0. The number of rotatable bonds is 7. The van der Waals surface area contributed by atoms with Crippen LogP contribution in [0, 0.1) is 0 Å². The molecule has 176 valence electrons. The Morgan fingerprint density at radius 3 is 0.828 bits per heavy atom. The summed E-state index contributed by atoms with van der Waals surface area (Å²) in [5, 5.41) is -7.84. The van der Waals surface area contributed by atoms with Crippen LogP contribution in [-0.4, -0.2) is 59.9 Å². The molecule has 0 atom stereocenters. The van der Waals surface area contributed by atoms with Crippen molar-refractivity contribution >= 4 is 10.1 Å². The SMILES string of the molecule is O=S(=O)(O)[13C](F)(F)[13C](F)(F)[13C](F)(F)[13C](F)(F)C(F)(F)C(F)(F)C(F)(F)C(F)(F)F. The van der Waals surface area contributed by atoms with Gasteiger partial charge in [0.1, 0.15) is 0 Å². The lowest BCUT2D eigenvalue weighted by atomic mass is 10.1. The van der Waals surface area contributed by atoms with Gasteiger partial charge in [0.05, 0.1) is 0 Å². The summed E-state index contributed by atoms with van der Waals surface area (Å²) in [6, 6.07) is 0. The van der Waals surface area contributed by atoms with E-state index in [9.17, 15) is 83.1 Å². The molecule has 0 aromatic rings. The molecule has 0 aliphatic carbocycles. The van der Waals surface area contributed by atoms with Gasteiger partial charge in [-0.15, -0.1) is 0 Å². The normalized spacial score (nSPS) is 16.9. The minimum absolute atomic E-state index is 7.67. The highest BCUT2D eigenvalue weighted by Gasteiger charge is 2.96. The summed E-state index contributed by atoms with van der Waals surface area (Å²) in [6.45, 7) is 0. The van der Waals surface area contributed by atoms with Crippen molar-refractivity contribution in [3.05, 3.63) is 0 Å². The van der Waals surface area contributed by atoms with Crippen LogP contribution in [0.4, 0.5) is 74.6 Å². The van der Waals surface area contributed by atoms with E-state index in [1.54, 1.807) is 0 Å². The van der Waals surface area contributed by atoms with E-state index in [0.29, 0.717) is 0 Å². The predicted molar refractivity (Wildman–Crippen MR) is 52.2 cm³/mol. The van der Waals surface area contributed by atoms with Gasteiger partial charge in [-0.1, -0.05) is 0 Å². The number of halogens is 17. The summed E-state index contributed by atoms with van der Waals surface area (Å²) < 4.78 is 242. The predicted octanol–water partition coefficient (Wildman–Crippen LogP) is 4.84.